The highest BCUT2D eigenvalue weighted by molar-refractivity contribution is 7.88. The minimum absolute atomic E-state index is 0.221. The lowest BCUT2D eigenvalue weighted by atomic mass is 10.00. The van der Waals surface area contributed by atoms with Crippen LogP contribution in [0.3, 0.4) is 0 Å². The highest BCUT2D eigenvalue weighted by atomic mass is 32.2. The van der Waals surface area contributed by atoms with Crippen molar-refractivity contribution < 1.29 is 22.4 Å². The van der Waals surface area contributed by atoms with E-state index in [0.29, 0.717) is 37.2 Å². The van der Waals surface area contributed by atoms with E-state index in [1.807, 2.05) is 0 Å². The molecule has 4 rings (SSSR count). The van der Waals surface area contributed by atoms with E-state index in [1.54, 1.807) is 49.5 Å². The van der Waals surface area contributed by atoms with Gasteiger partial charge < -0.3 is 15.5 Å². The van der Waals surface area contributed by atoms with Gasteiger partial charge in [-0.1, -0.05) is 30.3 Å². The first-order valence-electron chi connectivity index (χ1n) is 10.9. The first kappa shape index (κ1) is 23.8. The van der Waals surface area contributed by atoms with Crippen LogP contribution < -0.4 is 15.5 Å². The lowest BCUT2D eigenvalue weighted by molar-refractivity contribution is -0.119. The van der Waals surface area contributed by atoms with Crippen LogP contribution in [-0.4, -0.2) is 69.0 Å². The van der Waals surface area contributed by atoms with Crippen LogP contribution in [0.4, 0.5) is 14.9 Å². The number of para-hydroxylation sites is 1. The topological polar surface area (TPSA) is 111 Å². The van der Waals surface area contributed by atoms with Crippen LogP contribution in [-0.2, 0) is 14.8 Å². The van der Waals surface area contributed by atoms with Gasteiger partial charge in [0.25, 0.3) is 5.91 Å². The number of nitrogens with one attached hydrogen (secondary N) is 2. The number of piperidine rings is 1. The normalized spacial score (nSPS) is 19.7. The van der Waals surface area contributed by atoms with Crippen molar-refractivity contribution in [3.05, 3.63) is 65.5 Å². The Hall–Kier alpha value is -3.31. The summed E-state index contributed by atoms with van der Waals surface area (Å²) in [5, 5.41) is 5.39. The number of carbonyl (C=O) groups excluding carboxylic acids is 2. The second kappa shape index (κ2) is 9.51. The van der Waals surface area contributed by atoms with Crippen LogP contribution in [0.25, 0.3) is 0 Å². The van der Waals surface area contributed by atoms with E-state index in [1.165, 1.54) is 15.3 Å². The Labute approximate surface area is 197 Å². The van der Waals surface area contributed by atoms with Crippen molar-refractivity contribution in [2.24, 2.45) is 4.99 Å². The molecule has 2 aromatic rings. The Bertz CT molecular complexity index is 1240. The molecule has 2 heterocycles. The molecule has 1 saturated heterocycles. The third-order valence-electron chi connectivity index (χ3n) is 6.00. The number of benzene rings is 2. The van der Waals surface area contributed by atoms with Gasteiger partial charge >= 0.3 is 6.03 Å². The summed E-state index contributed by atoms with van der Waals surface area (Å²) >= 11 is 0. The number of likely N-dealkylation sites (N-methyl/N-ethyl adjacent to an activating group) is 1. The maximum absolute atomic E-state index is 14.7. The summed E-state index contributed by atoms with van der Waals surface area (Å²) in [7, 11) is -1.70. The fraction of sp³-hybridized carbons (Fsp3) is 0.348. The lowest BCUT2D eigenvalue weighted by Gasteiger charge is -2.31. The number of hydrogen-bond donors (Lipinski definition) is 2. The summed E-state index contributed by atoms with van der Waals surface area (Å²) in [5.74, 6) is -0.963. The van der Waals surface area contributed by atoms with Crippen molar-refractivity contribution in [2.45, 2.75) is 25.0 Å². The van der Waals surface area contributed by atoms with E-state index < -0.39 is 33.9 Å². The van der Waals surface area contributed by atoms with Crippen molar-refractivity contribution in [3.63, 3.8) is 0 Å². The third-order valence-corrected chi connectivity index (χ3v) is 7.30. The van der Waals surface area contributed by atoms with E-state index in [-0.39, 0.29) is 17.3 Å². The average Bonchev–Trinajstić information content (AvgIpc) is 2.90. The number of sulfonamides is 1. The standard InChI is InChI=1S/C23H26FN5O4S/c1-28-19-10-6-4-8-17(19)20(16-7-3-5-9-18(16)24)26-21(22(28)30)27-23(31)25-15-11-13-29(14-12-15)34(2,32)33/h3-10,15,21H,11-14H2,1-2H3,(H2,25,27,31). The number of halogens is 1. The predicted octanol–water partition coefficient (Wildman–Crippen LogP) is 1.69. The van der Waals surface area contributed by atoms with Crippen molar-refractivity contribution >= 4 is 33.4 Å². The number of amides is 3. The molecule has 9 nitrogen and oxygen atoms in total. The van der Waals surface area contributed by atoms with Crippen LogP contribution in [0.2, 0.25) is 0 Å². The van der Waals surface area contributed by atoms with Crippen molar-refractivity contribution in [1.82, 2.24) is 14.9 Å². The fourth-order valence-electron chi connectivity index (χ4n) is 4.17. The zero-order valence-electron chi connectivity index (χ0n) is 18.9. The number of carbonyl (C=O) groups is 2. The van der Waals surface area contributed by atoms with Gasteiger partial charge in [0, 0.05) is 37.3 Å². The first-order valence-corrected chi connectivity index (χ1v) is 12.7. The SMILES string of the molecule is CN1C(=O)C(NC(=O)NC2CCN(S(C)(=O)=O)CC2)N=C(c2ccccc2F)c2ccccc21. The minimum Gasteiger partial charge on any atom is -0.335 e. The number of rotatable bonds is 4. The predicted molar refractivity (Wildman–Crippen MR) is 127 cm³/mol. The number of nitrogens with zero attached hydrogens (tertiary/aromatic N) is 3. The van der Waals surface area contributed by atoms with Crippen LogP contribution >= 0.6 is 0 Å². The van der Waals surface area contributed by atoms with Gasteiger partial charge in [0.05, 0.1) is 17.7 Å². The number of aliphatic imine (C=N–C) groups is 1. The summed E-state index contributed by atoms with van der Waals surface area (Å²) in [6, 6.07) is 12.3. The Balaban J connectivity index is 1.57. The van der Waals surface area contributed by atoms with E-state index >= 15 is 0 Å². The van der Waals surface area contributed by atoms with Gasteiger partial charge in [-0.15, -0.1) is 0 Å². The average molecular weight is 488 g/mol. The van der Waals surface area contributed by atoms with Crippen LogP contribution in [0, 0.1) is 5.82 Å². The number of benzodiazepines with no additional fused rings is 1. The van der Waals surface area contributed by atoms with Gasteiger partial charge in [-0.2, -0.15) is 0 Å². The molecule has 0 saturated carbocycles. The number of hydrogen-bond acceptors (Lipinski definition) is 5. The van der Waals surface area contributed by atoms with E-state index in [2.05, 4.69) is 15.6 Å². The van der Waals surface area contributed by atoms with Gasteiger partial charge in [-0.3, -0.25) is 4.79 Å². The highest BCUT2D eigenvalue weighted by Crippen LogP contribution is 2.28. The molecule has 11 heteroatoms. The van der Waals surface area contributed by atoms with Crippen LogP contribution in [0.15, 0.2) is 53.5 Å². The molecule has 2 N–H and O–H groups in total. The van der Waals surface area contributed by atoms with Gasteiger partial charge in [0.2, 0.25) is 16.2 Å². The molecule has 2 aliphatic rings. The largest absolute Gasteiger partial charge is 0.335 e. The van der Waals surface area contributed by atoms with E-state index in [4.69, 9.17) is 0 Å². The Morgan fingerprint density at radius 1 is 1.03 bits per heavy atom. The summed E-state index contributed by atoms with van der Waals surface area (Å²) in [6.07, 6.45) is 0.788. The molecule has 34 heavy (non-hydrogen) atoms. The second-order valence-corrected chi connectivity index (χ2v) is 10.3. The summed E-state index contributed by atoms with van der Waals surface area (Å²) in [5.41, 5.74) is 1.60. The molecule has 0 aliphatic carbocycles. The van der Waals surface area contributed by atoms with Gasteiger partial charge in [0.1, 0.15) is 5.82 Å². The highest BCUT2D eigenvalue weighted by Gasteiger charge is 2.32. The van der Waals surface area contributed by atoms with Gasteiger partial charge in [-0.05, 0) is 31.0 Å². The maximum atomic E-state index is 14.7. The molecular formula is C23H26FN5O4S. The van der Waals surface area contributed by atoms with E-state index in [0.717, 1.165) is 6.26 Å². The molecule has 1 unspecified atom stereocenters. The first-order chi connectivity index (χ1) is 16.1. The van der Waals surface area contributed by atoms with Gasteiger partial charge in [-0.25, -0.2) is 26.9 Å². The maximum Gasteiger partial charge on any atom is 0.317 e. The Kier molecular flexibility index (Phi) is 6.67. The summed E-state index contributed by atoms with van der Waals surface area (Å²) in [6.45, 7) is 0.611. The van der Waals surface area contributed by atoms with Crippen LogP contribution in [0.1, 0.15) is 24.0 Å². The molecular weight excluding hydrogens is 461 g/mol. The minimum atomic E-state index is -3.27. The molecule has 0 spiro atoms. The second-order valence-electron chi connectivity index (χ2n) is 8.33. The molecule has 2 aliphatic heterocycles. The molecule has 0 aromatic heterocycles. The van der Waals surface area contributed by atoms with Crippen molar-refractivity contribution in [1.29, 1.82) is 0 Å². The Morgan fingerprint density at radius 3 is 2.29 bits per heavy atom. The van der Waals surface area contributed by atoms with Crippen molar-refractivity contribution in [3.8, 4) is 0 Å². The zero-order chi connectivity index (χ0) is 24.5. The molecule has 0 radical (unpaired) electrons. The fourth-order valence-corrected chi connectivity index (χ4v) is 5.04. The summed E-state index contributed by atoms with van der Waals surface area (Å²) in [4.78, 5) is 31.8. The number of fused-ring (bicyclic) bond motifs is 1. The van der Waals surface area contributed by atoms with Crippen LogP contribution in [0.5, 0.6) is 0 Å². The molecule has 180 valence electrons. The van der Waals surface area contributed by atoms with Crippen molar-refractivity contribution in [2.75, 3.05) is 31.3 Å². The molecule has 3 amide bonds. The summed E-state index contributed by atoms with van der Waals surface area (Å²) < 4.78 is 39.4. The number of anilines is 1. The molecule has 1 atom stereocenters. The quantitative estimate of drug-likeness (QED) is 0.684. The third kappa shape index (κ3) is 4.95. The zero-order valence-corrected chi connectivity index (χ0v) is 19.7. The number of urea groups is 1. The Morgan fingerprint density at radius 2 is 1.65 bits per heavy atom. The molecule has 0 bridgehead atoms. The monoisotopic (exact) mass is 487 g/mol. The smallest absolute Gasteiger partial charge is 0.317 e. The van der Waals surface area contributed by atoms with Gasteiger partial charge in [0.15, 0.2) is 0 Å². The molecule has 2 aromatic carbocycles. The van der Waals surface area contributed by atoms with E-state index in [9.17, 15) is 22.4 Å². The molecule has 1 fully saturated rings. The lowest BCUT2D eigenvalue weighted by Crippen LogP contribution is -2.53.